The lowest BCUT2D eigenvalue weighted by Crippen LogP contribution is -1.98. The zero-order chi connectivity index (χ0) is 14.0. The molecule has 0 atom stereocenters. The first-order valence-electron chi connectivity index (χ1n) is 4.77. The molecular formula is C10H4Cl2FN3O3. The summed E-state index contributed by atoms with van der Waals surface area (Å²) in [6, 6.07) is 3.32. The first-order valence-corrected chi connectivity index (χ1v) is 5.52. The van der Waals surface area contributed by atoms with Gasteiger partial charge in [0, 0.05) is 0 Å². The molecule has 0 radical (unpaired) electrons. The minimum absolute atomic E-state index is 0.0148. The van der Waals surface area contributed by atoms with Crippen LogP contribution < -0.4 is 4.74 Å². The Bertz CT molecular complexity index is 654. The van der Waals surface area contributed by atoms with Crippen LogP contribution in [0.4, 0.5) is 10.1 Å². The Kier molecular flexibility index (Phi) is 3.77. The number of aromatic nitrogens is 2. The second kappa shape index (κ2) is 5.33. The molecule has 0 bridgehead atoms. The number of benzene rings is 1. The first kappa shape index (κ1) is 13.4. The third-order valence-corrected chi connectivity index (χ3v) is 2.60. The predicted octanol–water partition coefficient (Wildman–Crippen LogP) is 3.62. The summed E-state index contributed by atoms with van der Waals surface area (Å²) < 4.78 is 18.0. The smallest absolute Gasteiger partial charge is 0.368 e. The first-order chi connectivity index (χ1) is 8.99. The molecule has 2 aromatic rings. The van der Waals surface area contributed by atoms with Gasteiger partial charge in [0.2, 0.25) is 5.15 Å². The van der Waals surface area contributed by atoms with Crippen LogP contribution in [-0.4, -0.2) is 14.9 Å². The van der Waals surface area contributed by atoms with Crippen molar-refractivity contribution in [1.82, 2.24) is 9.97 Å². The minimum Gasteiger partial charge on any atom is -0.432 e. The van der Waals surface area contributed by atoms with E-state index in [1.165, 1.54) is 6.07 Å². The average Bonchev–Trinajstić information content (AvgIpc) is 2.32. The third-order valence-electron chi connectivity index (χ3n) is 2.03. The fourth-order valence-electron chi connectivity index (χ4n) is 1.23. The molecule has 1 aromatic heterocycles. The fraction of sp³-hybridized carbons (Fsp3) is 0. The molecule has 0 spiro atoms. The molecule has 0 aliphatic heterocycles. The lowest BCUT2D eigenvalue weighted by molar-refractivity contribution is -0.386. The number of hydrogen-bond acceptors (Lipinski definition) is 5. The lowest BCUT2D eigenvalue weighted by Gasteiger charge is -2.06. The van der Waals surface area contributed by atoms with E-state index in [4.69, 9.17) is 27.9 Å². The van der Waals surface area contributed by atoms with Gasteiger partial charge in [-0.25, -0.2) is 9.37 Å². The van der Waals surface area contributed by atoms with Gasteiger partial charge in [0.1, 0.15) is 17.9 Å². The number of nitro groups is 1. The molecule has 0 N–H and O–H groups in total. The summed E-state index contributed by atoms with van der Waals surface area (Å²) in [6.45, 7) is 0. The highest BCUT2D eigenvalue weighted by Gasteiger charge is 2.24. The summed E-state index contributed by atoms with van der Waals surface area (Å²) in [7, 11) is 0. The molecule has 0 fully saturated rings. The fourth-order valence-corrected chi connectivity index (χ4v) is 1.63. The van der Waals surface area contributed by atoms with Crippen LogP contribution in [0.15, 0.2) is 24.5 Å². The Labute approximate surface area is 115 Å². The molecule has 9 heteroatoms. The van der Waals surface area contributed by atoms with Crippen molar-refractivity contribution in [3.63, 3.8) is 0 Å². The Hall–Kier alpha value is -1.99. The van der Waals surface area contributed by atoms with E-state index in [2.05, 4.69) is 9.97 Å². The molecule has 0 saturated heterocycles. The molecule has 19 heavy (non-hydrogen) atoms. The Morgan fingerprint density at radius 3 is 2.68 bits per heavy atom. The van der Waals surface area contributed by atoms with Crippen molar-refractivity contribution in [2.24, 2.45) is 0 Å². The molecule has 98 valence electrons. The van der Waals surface area contributed by atoms with Crippen LogP contribution in [-0.2, 0) is 0 Å². The predicted molar refractivity (Wildman–Crippen MR) is 65.2 cm³/mol. The molecule has 2 rings (SSSR count). The van der Waals surface area contributed by atoms with E-state index < -0.39 is 16.4 Å². The van der Waals surface area contributed by atoms with Crippen LogP contribution >= 0.6 is 23.2 Å². The molecule has 0 saturated carbocycles. The number of nitrogens with zero attached hydrogens (tertiary/aromatic N) is 3. The topological polar surface area (TPSA) is 78.2 Å². The van der Waals surface area contributed by atoms with Crippen molar-refractivity contribution in [3.05, 3.63) is 50.6 Å². The normalized spacial score (nSPS) is 10.3. The van der Waals surface area contributed by atoms with Crippen LogP contribution in [0.5, 0.6) is 11.6 Å². The highest BCUT2D eigenvalue weighted by Crippen LogP contribution is 2.36. The summed E-state index contributed by atoms with van der Waals surface area (Å²) in [6.07, 6.45) is 1.00. The number of rotatable bonds is 3. The maximum atomic E-state index is 12.9. The van der Waals surface area contributed by atoms with Gasteiger partial charge in [-0.2, -0.15) is 4.98 Å². The van der Waals surface area contributed by atoms with E-state index in [0.29, 0.717) is 0 Å². The lowest BCUT2D eigenvalue weighted by atomic mass is 10.3. The van der Waals surface area contributed by atoms with Crippen LogP contribution in [0, 0.1) is 15.9 Å². The highest BCUT2D eigenvalue weighted by molar-refractivity contribution is 6.32. The second-order valence-electron chi connectivity index (χ2n) is 3.25. The van der Waals surface area contributed by atoms with E-state index in [0.717, 1.165) is 18.5 Å². The van der Waals surface area contributed by atoms with E-state index in [9.17, 15) is 14.5 Å². The second-order valence-corrected chi connectivity index (χ2v) is 4.02. The molecule has 0 amide bonds. The van der Waals surface area contributed by atoms with Crippen LogP contribution in [0.2, 0.25) is 10.2 Å². The Morgan fingerprint density at radius 1 is 1.32 bits per heavy atom. The molecule has 1 aromatic carbocycles. The standard InChI is InChI=1S/C10H4Cl2FN3O3/c11-6-3-5(13)1-2-7(6)19-10-8(16(17)18)9(12)14-4-15-10/h1-4H. The van der Waals surface area contributed by atoms with Gasteiger partial charge in [-0.3, -0.25) is 10.1 Å². The summed E-state index contributed by atoms with van der Waals surface area (Å²) in [5.41, 5.74) is -0.593. The van der Waals surface area contributed by atoms with Gasteiger partial charge in [-0.1, -0.05) is 23.2 Å². The van der Waals surface area contributed by atoms with E-state index >= 15 is 0 Å². The van der Waals surface area contributed by atoms with E-state index in [1.807, 2.05) is 0 Å². The third kappa shape index (κ3) is 2.88. The zero-order valence-electron chi connectivity index (χ0n) is 9.01. The maximum absolute atomic E-state index is 12.9. The van der Waals surface area contributed by atoms with Gasteiger partial charge < -0.3 is 4.74 Å². The molecule has 0 unspecified atom stereocenters. The Morgan fingerprint density at radius 2 is 2.05 bits per heavy atom. The number of halogens is 3. The zero-order valence-corrected chi connectivity index (χ0v) is 10.5. The van der Waals surface area contributed by atoms with Gasteiger partial charge in [0.05, 0.1) is 9.95 Å². The summed E-state index contributed by atoms with van der Waals surface area (Å²) in [5, 5.41) is 10.4. The van der Waals surface area contributed by atoms with Crippen molar-refractivity contribution in [1.29, 1.82) is 0 Å². The van der Waals surface area contributed by atoms with Crippen molar-refractivity contribution in [3.8, 4) is 11.6 Å². The molecular weight excluding hydrogens is 300 g/mol. The van der Waals surface area contributed by atoms with Gasteiger partial charge >= 0.3 is 11.6 Å². The van der Waals surface area contributed by atoms with Gasteiger partial charge in [0.15, 0.2) is 0 Å². The highest BCUT2D eigenvalue weighted by atomic mass is 35.5. The van der Waals surface area contributed by atoms with Crippen LogP contribution in [0.3, 0.4) is 0 Å². The monoisotopic (exact) mass is 303 g/mol. The van der Waals surface area contributed by atoms with Crippen molar-refractivity contribution in [2.75, 3.05) is 0 Å². The summed E-state index contributed by atoms with van der Waals surface area (Å²) in [4.78, 5) is 17.1. The SMILES string of the molecule is O=[N+]([O-])c1c(Cl)ncnc1Oc1ccc(F)cc1Cl. The van der Waals surface area contributed by atoms with Crippen molar-refractivity contribution >= 4 is 28.9 Å². The average molecular weight is 304 g/mol. The van der Waals surface area contributed by atoms with Crippen LogP contribution in [0.25, 0.3) is 0 Å². The summed E-state index contributed by atoms with van der Waals surface area (Å²) in [5.74, 6) is -0.924. The maximum Gasteiger partial charge on any atom is 0.368 e. The molecule has 6 nitrogen and oxygen atoms in total. The van der Waals surface area contributed by atoms with Crippen LogP contribution in [0.1, 0.15) is 0 Å². The number of hydrogen-bond donors (Lipinski definition) is 0. The van der Waals surface area contributed by atoms with Gasteiger partial charge in [-0.05, 0) is 18.2 Å². The molecule has 0 aliphatic rings. The van der Waals surface area contributed by atoms with Gasteiger partial charge in [-0.15, -0.1) is 0 Å². The van der Waals surface area contributed by atoms with Crippen molar-refractivity contribution in [2.45, 2.75) is 0 Å². The largest absolute Gasteiger partial charge is 0.432 e. The summed E-state index contributed by atoms with van der Waals surface area (Å²) >= 11 is 11.3. The van der Waals surface area contributed by atoms with Crippen molar-refractivity contribution < 1.29 is 14.1 Å². The number of ether oxygens (including phenoxy) is 1. The van der Waals surface area contributed by atoms with E-state index in [-0.39, 0.29) is 21.8 Å². The Balaban J connectivity index is 2.44. The molecule has 1 heterocycles. The minimum atomic E-state index is -0.783. The van der Waals surface area contributed by atoms with E-state index in [1.54, 1.807) is 0 Å². The quantitative estimate of drug-likeness (QED) is 0.491. The van der Waals surface area contributed by atoms with Gasteiger partial charge in [0.25, 0.3) is 0 Å². The molecule has 0 aliphatic carbocycles.